The highest BCUT2D eigenvalue weighted by molar-refractivity contribution is 5.87. The van der Waals surface area contributed by atoms with Crippen LogP contribution < -0.4 is 16.0 Å². The van der Waals surface area contributed by atoms with E-state index in [1.807, 2.05) is 36.4 Å². The minimum absolute atomic E-state index is 0.0409. The highest BCUT2D eigenvalue weighted by atomic mass is 16.5. The van der Waals surface area contributed by atoms with E-state index in [9.17, 15) is 19.2 Å². The van der Waals surface area contributed by atoms with Gasteiger partial charge in [-0.25, -0.2) is 4.79 Å². The number of carbonyl (C=O) groups excluding carboxylic acids is 3. The fourth-order valence-corrected chi connectivity index (χ4v) is 4.55. The molecular weight excluding hydrogens is 450 g/mol. The maximum atomic E-state index is 12.5. The van der Waals surface area contributed by atoms with E-state index >= 15 is 0 Å². The molecule has 0 saturated carbocycles. The van der Waals surface area contributed by atoms with Crippen LogP contribution in [0.3, 0.4) is 0 Å². The van der Waals surface area contributed by atoms with E-state index in [0.29, 0.717) is 12.8 Å². The number of hydrogen-bond acceptors (Lipinski definition) is 5. The van der Waals surface area contributed by atoms with Gasteiger partial charge < -0.3 is 25.8 Å². The molecule has 0 aromatic heterocycles. The third kappa shape index (κ3) is 5.87. The molecule has 0 spiro atoms. The second-order valence-corrected chi connectivity index (χ2v) is 8.56. The molecule has 0 heterocycles. The number of carboxylic acids is 1. The topological polar surface area (TPSA) is 134 Å². The Morgan fingerprint density at radius 2 is 1.57 bits per heavy atom. The Kier molecular flexibility index (Phi) is 7.45. The number of rotatable bonds is 8. The summed E-state index contributed by atoms with van der Waals surface area (Å²) in [7, 11) is 0. The summed E-state index contributed by atoms with van der Waals surface area (Å²) < 4.78 is 5.58. The lowest BCUT2D eigenvalue weighted by molar-refractivity contribution is -0.137. The smallest absolute Gasteiger partial charge is 0.407 e. The van der Waals surface area contributed by atoms with Gasteiger partial charge in [0, 0.05) is 11.8 Å². The highest BCUT2D eigenvalue weighted by Gasteiger charge is 2.30. The average molecular weight is 478 g/mol. The molecule has 0 bridgehead atoms. The number of amides is 3. The standard InChI is InChI=1S/C26H27N3O6/c30-23(27-14-24(31)32)13-28-25(33)16-6-5-7-17(12-16)29-26(34)35-15-22-20-10-3-1-8-18(20)19-9-2-4-11-21(19)22/h1-5,7-11,16-17,22H,6,12-15H2,(H,27,30)(H,28,33)(H,29,34)(H,31,32). The SMILES string of the molecule is O=C(O)CNC(=O)CNC(=O)C1CC=CC(NC(=O)OCC2c3ccccc3-c3ccccc32)C1. The first-order valence-corrected chi connectivity index (χ1v) is 11.5. The first-order valence-electron chi connectivity index (χ1n) is 11.5. The van der Waals surface area contributed by atoms with Crippen molar-refractivity contribution in [2.45, 2.75) is 24.8 Å². The number of ether oxygens (including phenoxy) is 1. The lowest BCUT2D eigenvalue weighted by atomic mass is 9.90. The maximum Gasteiger partial charge on any atom is 0.407 e. The van der Waals surface area contributed by atoms with Gasteiger partial charge in [-0.1, -0.05) is 60.7 Å². The molecule has 2 aliphatic rings. The van der Waals surface area contributed by atoms with Crippen LogP contribution in [0.5, 0.6) is 0 Å². The van der Waals surface area contributed by atoms with Crippen molar-refractivity contribution in [2.75, 3.05) is 19.7 Å². The second kappa shape index (κ2) is 10.9. The first-order chi connectivity index (χ1) is 16.9. The molecule has 0 radical (unpaired) electrons. The summed E-state index contributed by atoms with van der Waals surface area (Å²) in [6.45, 7) is -0.616. The molecule has 4 rings (SSSR count). The van der Waals surface area contributed by atoms with Gasteiger partial charge in [0.2, 0.25) is 11.8 Å². The predicted octanol–water partition coefficient (Wildman–Crippen LogP) is 2.18. The van der Waals surface area contributed by atoms with Crippen molar-refractivity contribution < 1.29 is 29.0 Å². The van der Waals surface area contributed by atoms with Gasteiger partial charge in [-0.2, -0.15) is 0 Å². The zero-order valence-electron chi connectivity index (χ0n) is 19.0. The first kappa shape index (κ1) is 24.0. The maximum absolute atomic E-state index is 12.5. The largest absolute Gasteiger partial charge is 0.480 e. The van der Waals surface area contributed by atoms with E-state index in [1.54, 1.807) is 0 Å². The molecule has 2 aromatic rings. The minimum Gasteiger partial charge on any atom is -0.480 e. The van der Waals surface area contributed by atoms with Crippen molar-refractivity contribution in [2.24, 2.45) is 5.92 Å². The number of nitrogens with one attached hydrogen (secondary N) is 3. The molecule has 9 nitrogen and oxygen atoms in total. The van der Waals surface area contributed by atoms with Crippen LogP contribution in [0.15, 0.2) is 60.7 Å². The second-order valence-electron chi connectivity index (χ2n) is 8.56. The van der Waals surface area contributed by atoms with Crippen LogP contribution in [0.2, 0.25) is 0 Å². The number of hydrogen-bond donors (Lipinski definition) is 4. The van der Waals surface area contributed by atoms with Crippen LogP contribution in [-0.2, 0) is 19.1 Å². The summed E-state index contributed by atoms with van der Waals surface area (Å²) >= 11 is 0. The Labute approximate surface area is 202 Å². The molecule has 4 N–H and O–H groups in total. The van der Waals surface area contributed by atoms with Crippen LogP contribution in [0.1, 0.15) is 29.9 Å². The lowest BCUT2D eigenvalue weighted by Gasteiger charge is -2.25. The molecule has 182 valence electrons. The molecule has 0 aliphatic heterocycles. The summed E-state index contributed by atoms with van der Waals surface area (Å²) in [4.78, 5) is 47.1. The number of carboxylic acid groups (broad SMARTS) is 1. The van der Waals surface area contributed by atoms with E-state index in [4.69, 9.17) is 9.84 Å². The number of carbonyl (C=O) groups is 4. The van der Waals surface area contributed by atoms with Crippen molar-refractivity contribution in [3.63, 3.8) is 0 Å². The van der Waals surface area contributed by atoms with E-state index in [0.717, 1.165) is 22.3 Å². The van der Waals surface area contributed by atoms with E-state index in [1.165, 1.54) is 0 Å². The van der Waals surface area contributed by atoms with Gasteiger partial charge in [0.1, 0.15) is 13.2 Å². The van der Waals surface area contributed by atoms with Gasteiger partial charge in [0.15, 0.2) is 0 Å². The molecule has 0 saturated heterocycles. The molecule has 9 heteroatoms. The van der Waals surface area contributed by atoms with Crippen molar-refractivity contribution >= 4 is 23.9 Å². The predicted molar refractivity (Wildman–Crippen MR) is 128 cm³/mol. The van der Waals surface area contributed by atoms with Gasteiger partial charge in [-0.3, -0.25) is 14.4 Å². The van der Waals surface area contributed by atoms with Gasteiger partial charge >= 0.3 is 12.1 Å². The Morgan fingerprint density at radius 1 is 0.914 bits per heavy atom. The Hall–Kier alpha value is -4.14. The summed E-state index contributed by atoms with van der Waals surface area (Å²) in [5.41, 5.74) is 4.56. The Bertz CT molecular complexity index is 1120. The van der Waals surface area contributed by atoms with E-state index in [2.05, 4.69) is 40.2 Å². The van der Waals surface area contributed by atoms with Crippen molar-refractivity contribution in [3.05, 3.63) is 71.8 Å². The zero-order chi connectivity index (χ0) is 24.8. The summed E-state index contributed by atoms with van der Waals surface area (Å²) in [6.07, 6.45) is 3.92. The number of allylic oxidation sites excluding steroid dienone is 1. The third-order valence-electron chi connectivity index (χ3n) is 6.21. The van der Waals surface area contributed by atoms with Gasteiger partial charge in [-0.15, -0.1) is 0 Å². The van der Waals surface area contributed by atoms with Gasteiger partial charge in [0.05, 0.1) is 12.6 Å². The van der Waals surface area contributed by atoms with Crippen LogP contribution in [0.4, 0.5) is 4.79 Å². The number of benzene rings is 2. The van der Waals surface area contributed by atoms with Gasteiger partial charge in [-0.05, 0) is 35.1 Å². The van der Waals surface area contributed by atoms with Crippen molar-refractivity contribution in [3.8, 4) is 11.1 Å². The molecule has 0 fully saturated rings. The molecule has 2 aromatic carbocycles. The number of fused-ring (bicyclic) bond motifs is 3. The van der Waals surface area contributed by atoms with Crippen LogP contribution in [-0.4, -0.2) is 54.7 Å². The normalized spacial score (nSPS) is 18.2. The summed E-state index contributed by atoms with van der Waals surface area (Å²) in [5.74, 6) is -2.55. The van der Waals surface area contributed by atoms with Crippen LogP contribution in [0.25, 0.3) is 11.1 Å². The number of aliphatic carboxylic acids is 1. The quantitative estimate of drug-likeness (QED) is 0.431. The van der Waals surface area contributed by atoms with E-state index < -0.39 is 30.4 Å². The third-order valence-corrected chi connectivity index (χ3v) is 6.21. The molecule has 2 atom stereocenters. The number of alkyl carbamates (subject to hydrolysis) is 1. The van der Waals surface area contributed by atoms with E-state index in [-0.39, 0.29) is 31.0 Å². The molecule has 35 heavy (non-hydrogen) atoms. The van der Waals surface area contributed by atoms with Crippen LogP contribution in [0, 0.1) is 5.92 Å². The minimum atomic E-state index is -1.16. The zero-order valence-corrected chi connectivity index (χ0v) is 19.0. The summed E-state index contributed by atoms with van der Waals surface area (Å²) in [5, 5.41) is 16.1. The summed E-state index contributed by atoms with van der Waals surface area (Å²) in [6, 6.07) is 15.8. The Balaban J connectivity index is 1.26. The Morgan fingerprint density at radius 3 is 2.23 bits per heavy atom. The fraction of sp³-hybridized carbons (Fsp3) is 0.308. The lowest BCUT2D eigenvalue weighted by Crippen LogP contribution is -2.44. The van der Waals surface area contributed by atoms with Crippen LogP contribution >= 0.6 is 0 Å². The molecular formula is C26H27N3O6. The van der Waals surface area contributed by atoms with Gasteiger partial charge in [0.25, 0.3) is 0 Å². The average Bonchev–Trinajstić information content (AvgIpc) is 3.18. The monoisotopic (exact) mass is 477 g/mol. The fourth-order valence-electron chi connectivity index (χ4n) is 4.55. The molecule has 2 unspecified atom stereocenters. The van der Waals surface area contributed by atoms with Crippen molar-refractivity contribution in [1.82, 2.24) is 16.0 Å². The molecule has 3 amide bonds. The highest BCUT2D eigenvalue weighted by Crippen LogP contribution is 2.44. The molecule has 2 aliphatic carbocycles. The van der Waals surface area contributed by atoms with Crippen molar-refractivity contribution in [1.29, 1.82) is 0 Å².